The molecule has 0 aliphatic heterocycles. The van der Waals surface area contributed by atoms with E-state index >= 15 is 0 Å². The highest BCUT2D eigenvalue weighted by Gasteiger charge is 2.21. The van der Waals surface area contributed by atoms with Crippen molar-refractivity contribution in [2.45, 2.75) is 58.5 Å². The van der Waals surface area contributed by atoms with E-state index in [0.29, 0.717) is 6.04 Å². The zero-order valence-corrected chi connectivity index (χ0v) is 14.2. The predicted molar refractivity (Wildman–Crippen MR) is 88.2 cm³/mol. The largest absolute Gasteiger partial charge is 0.493 e. The van der Waals surface area contributed by atoms with Gasteiger partial charge in [-0.05, 0) is 50.3 Å². The first kappa shape index (κ1) is 15.8. The second-order valence-corrected chi connectivity index (χ2v) is 6.73. The van der Waals surface area contributed by atoms with Gasteiger partial charge in [-0.1, -0.05) is 35.7 Å². The molecule has 2 rings (SSSR count). The Morgan fingerprint density at radius 1 is 1.35 bits per heavy atom. The summed E-state index contributed by atoms with van der Waals surface area (Å²) in [5, 5.41) is 3.68. The van der Waals surface area contributed by atoms with Gasteiger partial charge in [-0.15, -0.1) is 0 Å². The van der Waals surface area contributed by atoms with Crippen LogP contribution in [0.2, 0.25) is 0 Å². The van der Waals surface area contributed by atoms with Crippen molar-refractivity contribution in [2.24, 2.45) is 5.92 Å². The van der Waals surface area contributed by atoms with Gasteiger partial charge in [0.05, 0.1) is 6.61 Å². The van der Waals surface area contributed by atoms with E-state index in [9.17, 15) is 0 Å². The van der Waals surface area contributed by atoms with Crippen LogP contribution in [0.25, 0.3) is 0 Å². The van der Waals surface area contributed by atoms with Gasteiger partial charge in [0.1, 0.15) is 5.75 Å². The topological polar surface area (TPSA) is 21.3 Å². The Morgan fingerprint density at radius 3 is 2.80 bits per heavy atom. The van der Waals surface area contributed by atoms with Crippen molar-refractivity contribution in [3.8, 4) is 5.75 Å². The van der Waals surface area contributed by atoms with Crippen LogP contribution in [0.4, 0.5) is 0 Å². The molecule has 1 aliphatic rings. The second-order valence-electron chi connectivity index (χ2n) is 5.81. The molecule has 1 aromatic carbocycles. The van der Waals surface area contributed by atoms with Gasteiger partial charge >= 0.3 is 0 Å². The van der Waals surface area contributed by atoms with Crippen molar-refractivity contribution in [1.29, 1.82) is 0 Å². The van der Waals surface area contributed by atoms with Crippen molar-refractivity contribution in [3.63, 3.8) is 0 Å². The first-order chi connectivity index (χ1) is 9.70. The zero-order chi connectivity index (χ0) is 14.4. The summed E-state index contributed by atoms with van der Waals surface area (Å²) in [6.45, 7) is 6.13. The summed E-state index contributed by atoms with van der Waals surface area (Å²) in [6, 6.07) is 6.88. The highest BCUT2D eigenvalue weighted by Crippen LogP contribution is 2.28. The Balaban J connectivity index is 1.94. The molecule has 3 heteroatoms. The molecule has 0 radical (unpaired) electrons. The van der Waals surface area contributed by atoms with Gasteiger partial charge in [-0.25, -0.2) is 0 Å². The predicted octanol–water partition coefficient (Wildman–Crippen LogP) is 4.91. The molecule has 1 N–H and O–H groups in total. The lowest BCUT2D eigenvalue weighted by Crippen LogP contribution is -2.31. The lowest BCUT2D eigenvalue weighted by atomic mass is 9.99. The number of nitrogens with one attached hydrogen (secondary N) is 1. The maximum atomic E-state index is 5.84. The van der Waals surface area contributed by atoms with Gasteiger partial charge in [0.25, 0.3) is 0 Å². The van der Waals surface area contributed by atoms with Gasteiger partial charge in [-0.2, -0.15) is 0 Å². The molecule has 0 heterocycles. The molecule has 0 unspecified atom stereocenters. The molecule has 0 aromatic heterocycles. The first-order valence-corrected chi connectivity index (χ1v) is 8.64. The highest BCUT2D eigenvalue weighted by molar-refractivity contribution is 9.10. The standard InChI is InChI=1S/C17H26BrNO/c1-3-10-20-17-9-8-16(18)11-15(17)12-19-13(2)14-6-4-5-7-14/h8-9,11,13-14,19H,3-7,10,12H2,1-2H3/t13-/m0/s1. The van der Waals surface area contributed by atoms with Crippen LogP contribution in [0, 0.1) is 5.92 Å². The third-order valence-corrected chi connectivity index (χ3v) is 4.70. The van der Waals surface area contributed by atoms with E-state index in [0.717, 1.165) is 35.7 Å². The van der Waals surface area contributed by atoms with Gasteiger partial charge in [0.2, 0.25) is 0 Å². The minimum Gasteiger partial charge on any atom is -0.493 e. The fraction of sp³-hybridized carbons (Fsp3) is 0.647. The van der Waals surface area contributed by atoms with Crippen molar-refractivity contribution in [1.82, 2.24) is 5.32 Å². The summed E-state index contributed by atoms with van der Waals surface area (Å²) in [5.41, 5.74) is 1.25. The number of benzene rings is 1. The molecular weight excluding hydrogens is 314 g/mol. The average Bonchev–Trinajstić information content (AvgIpc) is 2.98. The number of hydrogen-bond acceptors (Lipinski definition) is 2. The molecule has 1 aromatic rings. The molecule has 2 nitrogen and oxygen atoms in total. The van der Waals surface area contributed by atoms with Gasteiger partial charge in [0, 0.05) is 22.6 Å². The summed E-state index contributed by atoms with van der Waals surface area (Å²) in [4.78, 5) is 0. The summed E-state index contributed by atoms with van der Waals surface area (Å²) in [6.07, 6.45) is 6.61. The maximum absolute atomic E-state index is 5.84. The average molecular weight is 340 g/mol. The van der Waals surface area contributed by atoms with Crippen LogP contribution in [-0.4, -0.2) is 12.6 Å². The Kier molecular flexibility index (Phi) is 6.37. The first-order valence-electron chi connectivity index (χ1n) is 7.85. The highest BCUT2D eigenvalue weighted by atomic mass is 79.9. The number of ether oxygens (including phenoxy) is 1. The minimum atomic E-state index is 0.593. The van der Waals surface area contributed by atoms with Crippen molar-refractivity contribution in [2.75, 3.05) is 6.61 Å². The summed E-state index contributed by atoms with van der Waals surface area (Å²) >= 11 is 3.55. The Hall–Kier alpha value is -0.540. The maximum Gasteiger partial charge on any atom is 0.123 e. The van der Waals surface area contributed by atoms with E-state index in [1.54, 1.807) is 0 Å². The van der Waals surface area contributed by atoms with Crippen LogP contribution < -0.4 is 10.1 Å². The molecule has 0 saturated heterocycles. The van der Waals surface area contributed by atoms with Crippen LogP contribution in [0.15, 0.2) is 22.7 Å². The molecule has 112 valence electrons. The quantitative estimate of drug-likeness (QED) is 0.762. The molecule has 0 bridgehead atoms. The van der Waals surface area contributed by atoms with Crippen LogP contribution in [-0.2, 0) is 6.54 Å². The summed E-state index contributed by atoms with van der Waals surface area (Å²) in [5.74, 6) is 1.86. The SMILES string of the molecule is CCCOc1ccc(Br)cc1CN[C@@H](C)C1CCCC1. The van der Waals surface area contributed by atoms with E-state index in [1.165, 1.54) is 31.2 Å². The number of hydrogen-bond donors (Lipinski definition) is 1. The van der Waals surface area contributed by atoms with Crippen LogP contribution in [0.1, 0.15) is 51.5 Å². The molecule has 1 atom stereocenters. The van der Waals surface area contributed by atoms with Crippen molar-refractivity contribution >= 4 is 15.9 Å². The van der Waals surface area contributed by atoms with Crippen molar-refractivity contribution < 1.29 is 4.74 Å². The van der Waals surface area contributed by atoms with E-state index in [1.807, 2.05) is 0 Å². The van der Waals surface area contributed by atoms with Crippen LogP contribution in [0.3, 0.4) is 0 Å². The normalized spacial score (nSPS) is 17.4. The fourth-order valence-corrected chi connectivity index (χ4v) is 3.34. The number of halogens is 1. The Labute approximate surface area is 131 Å². The monoisotopic (exact) mass is 339 g/mol. The van der Waals surface area contributed by atoms with Crippen LogP contribution >= 0.6 is 15.9 Å². The Bertz CT molecular complexity index is 415. The minimum absolute atomic E-state index is 0.593. The van der Waals surface area contributed by atoms with E-state index in [2.05, 4.69) is 53.3 Å². The summed E-state index contributed by atoms with van der Waals surface area (Å²) < 4.78 is 6.96. The molecule has 1 aliphatic carbocycles. The van der Waals surface area contributed by atoms with Gasteiger partial charge in [0.15, 0.2) is 0 Å². The zero-order valence-electron chi connectivity index (χ0n) is 12.6. The van der Waals surface area contributed by atoms with E-state index < -0.39 is 0 Å². The van der Waals surface area contributed by atoms with E-state index in [-0.39, 0.29) is 0 Å². The Morgan fingerprint density at radius 2 is 2.10 bits per heavy atom. The third kappa shape index (κ3) is 4.49. The molecule has 0 amide bonds. The van der Waals surface area contributed by atoms with Crippen LogP contribution in [0.5, 0.6) is 5.75 Å². The molecule has 0 spiro atoms. The lowest BCUT2D eigenvalue weighted by Gasteiger charge is -2.21. The fourth-order valence-electron chi connectivity index (χ4n) is 2.93. The molecule has 1 saturated carbocycles. The van der Waals surface area contributed by atoms with E-state index in [4.69, 9.17) is 4.74 Å². The summed E-state index contributed by atoms with van der Waals surface area (Å²) in [7, 11) is 0. The molecule has 1 fully saturated rings. The second kappa shape index (κ2) is 8.04. The third-order valence-electron chi connectivity index (χ3n) is 4.21. The molecule has 20 heavy (non-hydrogen) atoms. The number of rotatable bonds is 7. The smallest absolute Gasteiger partial charge is 0.123 e. The van der Waals surface area contributed by atoms with Crippen molar-refractivity contribution in [3.05, 3.63) is 28.2 Å². The molecular formula is C17H26BrNO. The van der Waals surface area contributed by atoms with Gasteiger partial charge < -0.3 is 10.1 Å². The lowest BCUT2D eigenvalue weighted by molar-refractivity contribution is 0.310. The van der Waals surface area contributed by atoms with Gasteiger partial charge in [-0.3, -0.25) is 0 Å².